The average Bonchev–Trinajstić information content (AvgIpc) is 2.84. The summed E-state index contributed by atoms with van der Waals surface area (Å²) < 4.78 is 29.5. The molecule has 1 aromatic carbocycles. The Hall–Kier alpha value is -2.48. The molecular formula is C23H37N5O3. The van der Waals surface area contributed by atoms with E-state index in [9.17, 15) is 9.59 Å². The minimum Gasteiger partial charge on any atom is -0.495 e. The van der Waals surface area contributed by atoms with E-state index in [1.54, 1.807) is 7.11 Å². The summed E-state index contributed by atoms with van der Waals surface area (Å²) in [6.07, 6.45) is 5.94. The number of nitrogens with zero attached hydrogens (tertiary/aromatic N) is 2. The number of anilines is 1. The van der Waals surface area contributed by atoms with E-state index in [-0.39, 0.29) is 23.4 Å². The van der Waals surface area contributed by atoms with E-state index in [2.05, 4.69) is 10.2 Å². The van der Waals surface area contributed by atoms with E-state index in [1.807, 2.05) is 29.2 Å². The van der Waals surface area contributed by atoms with Crippen LogP contribution in [0.15, 0.2) is 24.3 Å². The summed E-state index contributed by atoms with van der Waals surface area (Å²) in [5, 5.41) is 2.77. The van der Waals surface area contributed by atoms with Gasteiger partial charge in [-0.3, -0.25) is 15.1 Å². The van der Waals surface area contributed by atoms with Crippen molar-refractivity contribution in [2.75, 3.05) is 44.7 Å². The van der Waals surface area contributed by atoms with Gasteiger partial charge in [0.25, 0.3) is 0 Å². The van der Waals surface area contributed by atoms with Crippen molar-refractivity contribution < 1.29 is 18.5 Å². The van der Waals surface area contributed by atoms with Gasteiger partial charge in [-0.15, -0.1) is 0 Å². The molecule has 0 spiro atoms. The summed E-state index contributed by atoms with van der Waals surface area (Å²) in [6, 6.07) is 6.97. The van der Waals surface area contributed by atoms with E-state index in [4.69, 9.17) is 8.93 Å². The van der Waals surface area contributed by atoms with Crippen LogP contribution in [0.2, 0.25) is 2.82 Å². The van der Waals surface area contributed by atoms with E-state index in [1.165, 1.54) is 6.42 Å². The van der Waals surface area contributed by atoms with Crippen LogP contribution in [0.1, 0.15) is 52.7 Å². The van der Waals surface area contributed by atoms with Gasteiger partial charge >= 0.3 is 6.03 Å². The van der Waals surface area contributed by atoms with E-state index < -0.39 is 18.3 Å². The van der Waals surface area contributed by atoms with Crippen LogP contribution in [-0.4, -0.2) is 62.7 Å². The summed E-state index contributed by atoms with van der Waals surface area (Å²) in [5.74, 6) is -0.0856. The van der Waals surface area contributed by atoms with Gasteiger partial charge in [0.05, 0.1) is 12.8 Å². The van der Waals surface area contributed by atoms with Crippen LogP contribution in [0, 0.1) is 0 Å². The molecule has 1 saturated carbocycles. The second-order valence-corrected chi connectivity index (χ2v) is 8.19. The number of piperazine rings is 1. The molecule has 1 aliphatic carbocycles. The summed E-state index contributed by atoms with van der Waals surface area (Å²) in [6.45, 7) is 2.91. The molecule has 1 unspecified atom stereocenters. The molecule has 0 aromatic heterocycles. The largest absolute Gasteiger partial charge is 0.495 e. The Bertz CT molecular complexity index is 802. The fourth-order valence-electron chi connectivity index (χ4n) is 4.21. The first kappa shape index (κ1) is 19.2. The van der Waals surface area contributed by atoms with Crippen molar-refractivity contribution in [3.05, 3.63) is 24.3 Å². The molecular weight excluding hydrogens is 394 g/mol. The van der Waals surface area contributed by atoms with Crippen molar-refractivity contribution in [2.45, 2.75) is 57.4 Å². The minimum absolute atomic E-state index is 0.0458. The number of hydrazine groups is 1. The van der Waals surface area contributed by atoms with Gasteiger partial charge in [0.15, 0.2) is 2.82 Å². The zero-order chi connectivity index (χ0) is 24.5. The lowest BCUT2D eigenvalue weighted by molar-refractivity contribution is -0.122. The maximum atomic E-state index is 12.6. The number of hydrogen-bond donors (Lipinski definition) is 3. The topological polar surface area (TPSA) is 85.9 Å². The number of ether oxygens (including phenoxy) is 1. The van der Waals surface area contributed by atoms with Crippen molar-refractivity contribution in [1.29, 1.82) is 0 Å². The summed E-state index contributed by atoms with van der Waals surface area (Å²) >= 11 is 0. The predicted molar refractivity (Wildman–Crippen MR) is 122 cm³/mol. The molecule has 3 rings (SSSR count). The number of urea groups is 1. The highest BCUT2D eigenvalue weighted by Crippen LogP contribution is 2.28. The number of methoxy groups -OCH3 is 1. The summed E-state index contributed by atoms with van der Waals surface area (Å²) in [5.41, 5.74) is 1.43. The molecule has 1 heterocycles. The molecule has 3 N–H and O–H groups in total. The highest BCUT2D eigenvalue weighted by atomic mass is 16.5. The van der Waals surface area contributed by atoms with Crippen molar-refractivity contribution in [1.82, 2.24) is 21.1 Å². The molecule has 2 fully saturated rings. The van der Waals surface area contributed by atoms with Crippen molar-refractivity contribution in [3.8, 4) is 5.75 Å². The molecule has 8 heteroatoms. The summed E-state index contributed by atoms with van der Waals surface area (Å²) in [4.78, 5) is 29.2. The Morgan fingerprint density at radius 1 is 1.06 bits per heavy atom. The van der Waals surface area contributed by atoms with E-state index in [0.717, 1.165) is 63.1 Å². The van der Waals surface area contributed by atoms with Gasteiger partial charge in [-0.25, -0.2) is 10.2 Å². The van der Waals surface area contributed by atoms with Gasteiger partial charge in [-0.2, -0.15) is 0 Å². The average molecular weight is 435 g/mol. The second kappa shape index (κ2) is 12.4. The Labute approximate surface area is 190 Å². The smallest absolute Gasteiger partial charge is 0.333 e. The Kier molecular flexibility index (Phi) is 7.68. The maximum absolute atomic E-state index is 12.6. The maximum Gasteiger partial charge on any atom is 0.333 e. The first-order chi connectivity index (χ1) is 16.4. The zero-order valence-corrected chi connectivity index (χ0v) is 18.5. The van der Waals surface area contributed by atoms with Crippen LogP contribution in [0.25, 0.3) is 0 Å². The number of nitrogens with one attached hydrogen (secondary N) is 3. The molecule has 0 radical (unpaired) electrons. The molecule has 31 heavy (non-hydrogen) atoms. The molecule has 1 aromatic rings. The number of amides is 3. The van der Waals surface area contributed by atoms with Crippen LogP contribution >= 0.6 is 0 Å². The third kappa shape index (κ3) is 7.61. The molecule has 172 valence electrons. The molecule has 8 nitrogen and oxygen atoms in total. The molecule has 2 aliphatic rings. The fraction of sp³-hybridized carbons (Fsp3) is 0.652. The number of rotatable bonds is 6. The Morgan fingerprint density at radius 2 is 1.74 bits per heavy atom. The minimum atomic E-state index is -1.25. The first-order valence-corrected chi connectivity index (χ1v) is 11.4. The normalized spacial score (nSPS) is 20.9. The SMILES string of the molecule is [2H]C(CN1CCN(c2ccccc2OC)CC1)C(=O)N([2H])N([2H])C(=O)NC1CCCCCCC1. The van der Waals surface area contributed by atoms with E-state index in [0.29, 0.717) is 13.1 Å². The number of para-hydroxylation sites is 2. The van der Waals surface area contributed by atoms with Gasteiger partial charge in [-0.1, -0.05) is 44.2 Å². The highest BCUT2D eigenvalue weighted by Gasteiger charge is 2.20. The van der Waals surface area contributed by atoms with Crippen LogP contribution in [-0.2, 0) is 4.79 Å². The monoisotopic (exact) mass is 434 g/mol. The van der Waals surface area contributed by atoms with Crippen LogP contribution in [0.4, 0.5) is 10.5 Å². The standard InChI is InChI=1S/C23H37N5O3/c1-31-21-12-8-7-11-20(21)28-17-15-27(16-18-28)14-13-22(29)25-26-23(30)24-19-9-5-3-2-4-6-10-19/h7-8,11-12,19H,2-6,9-10,13-18H2,1H3,(H,25,29)(H2,24,26,30)/i13D/hD2. The Balaban J connectivity index is 1.45. The van der Waals surface area contributed by atoms with Gasteiger partial charge in [0, 0.05) is 46.5 Å². The predicted octanol–water partition coefficient (Wildman–Crippen LogP) is 2.65. The van der Waals surface area contributed by atoms with Crippen molar-refractivity contribution >= 4 is 17.6 Å². The third-order valence-corrected chi connectivity index (χ3v) is 5.99. The van der Waals surface area contributed by atoms with Crippen LogP contribution in [0.3, 0.4) is 0 Å². The quantitative estimate of drug-likeness (QED) is 0.600. The van der Waals surface area contributed by atoms with Gasteiger partial charge in [0.1, 0.15) is 5.75 Å². The van der Waals surface area contributed by atoms with Crippen molar-refractivity contribution in [2.24, 2.45) is 0 Å². The molecule has 1 aliphatic heterocycles. The molecule has 1 saturated heterocycles. The second-order valence-electron chi connectivity index (χ2n) is 8.19. The lowest BCUT2D eigenvalue weighted by Crippen LogP contribution is -2.51. The van der Waals surface area contributed by atoms with Crippen molar-refractivity contribution in [3.63, 3.8) is 0 Å². The van der Waals surface area contributed by atoms with Crippen LogP contribution < -0.4 is 25.8 Å². The lowest BCUT2D eigenvalue weighted by Gasteiger charge is -2.36. The summed E-state index contributed by atoms with van der Waals surface area (Å²) in [7, 11) is 1.64. The van der Waals surface area contributed by atoms with Gasteiger partial charge in [0.2, 0.25) is 5.91 Å². The molecule has 3 amide bonds. The first-order valence-electron chi connectivity index (χ1n) is 12.8. The molecule has 0 bridgehead atoms. The van der Waals surface area contributed by atoms with Crippen LogP contribution in [0.5, 0.6) is 5.75 Å². The van der Waals surface area contributed by atoms with E-state index >= 15 is 0 Å². The number of carbonyl (C=O) groups is 2. The molecule has 1 atom stereocenters. The fourth-order valence-corrected chi connectivity index (χ4v) is 4.21. The van der Waals surface area contributed by atoms with Gasteiger partial charge in [-0.05, 0) is 25.0 Å². The number of benzene rings is 1. The number of hydrogen-bond acceptors (Lipinski definition) is 5. The third-order valence-electron chi connectivity index (χ3n) is 5.99. The Morgan fingerprint density at radius 3 is 2.45 bits per heavy atom. The lowest BCUT2D eigenvalue weighted by atomic mass is 9.97. The highest BCUT2D eigenvalue weighted by molar-refractivity contribution is 5.81. The number of carbonyl (C=O) groups excluding carboxylic acids is 2. The zero-order valence-electron chi connectivity index (χ0n) is 21.5. The van der Waals surface area contributed by atoms with Gasteiger partial charge < -0.3 is 15.0 Å².